The molecule has 0 unspecified atom stereocenters. The summed E-state index contributed by atoms with van der Waals surface area (Å²) in [4.78, 5) is 28.3. The third-order valence-electron chi connectivity index (χ3n) is 3.68. The minimum absolute atomic E-state index is 0.0954. The highest BCUT2D eigenvalue weighted by molar-refractivity contribution is 6.08. The van der Waals surface area contributed by atoms with E-state index in [9.17, 15) is 18.4 Å². The number of benzene rings is 2. The first-order valence-corrected chi connectivity index (χ1v) is 8.28. The van der Waals surface area contributed by atoms with Crippen LogP contribution >= 0.6 is 0 Å². The maximum absolute atomic E-state index is 13.6. The zero-order valence-electron chi connectivity index (χ0n) is 14.5. The van der Waals surface area contributed by atoms with E-state index in [1.165, 1.54) is 54.7 Å². The number of pyridine rings is 1. The number of anilines is 2. The van der Waals surface area contributed by atoms with Gasteiger partial charge in [0.15, 0.2) is 0 Å². The Hall–Kier alpha value is -3.87. The second-order valence-corrected chi connectivity index (χ2v) is 5.73. The lowest BCUT2D eigenvalue weighted by Gasteiger charge is -2.11. The van der Waals surface area contributed by atoms with Crippen LogP contribution in [0, 0.1) is 11.6 Å². The second kappa shape index (κ2) is 8.68. The van der Waals surface area contributed by atoms with Crippen molar-refractivity contribution >= 4 is 29.3 Å². The molecule has 140 valence electrons. The Morgan fingerprint density at radius 3 is 2.32 bits per heavy atom. The molecule has 2 aromatic carbocycles. The number of halogens is 2. The molecule has 0 aliphatic rings. The molecule has 5 nitrogen and oxygen atoms in total. The number of aromatic nitrogens is 1. The fraction of sp³-hybridized carbons (Fsp3) is 0. The third-order valence-corrected chi connectivity index (χ3v) is 3.68. The van der Waals surface area contributed by atoms with Gasteiger partial charge in [0.2, 0.25) is 5.91 Å². The minimum Gasteiger partial charge on any atom is -0.321 e. The van der Waals surface area contributed by atoms with Gasteiger partial charge < -0.3 is 10.6 Å². The molecule has 28 heavy (non-hydrogen) atoms. The SMILES string of the molecule is O=C(/C=C/c1ccc(F)cc1)Nc1cc(F)ccc1NC(=O)c1ccccn1. The first kappa shape index (κ1) is 18.9. The van der Waals surface area contributed by atoms with E-state index in [0.29, 0.717) is 5.56 Å². The molecule has 0 aliphatic carbocycles. The van der Waals surface area contributed by atoms with Crippen molar-refractivity contribution in [2.24, 2.45) is 0 Å². The molecule has 1 heterocycles. The maximum Gasteiger partial charge on any atom is 0.274 e. The van der Waals surface area contributed by atoms with E-state index in [2.05, 4.69) is 15.6 Å². The van der Waals surface area contributed by atoms with Crippen LogP contribution < -0.4 is 10.6 Å². The highest BCUT2D eigenvalue weighted by atomic mass is 19.1. The third kappa shape index (κ3) is 5.07. The van der Waals surface area contributed by atoms with Crippen LogP contribution in [0.3, 0.4) is 0 Å². The van der Waals surface area contributed by atoms with Gasteiger partial charge in [0.25, 0.3) is 5.91 Å². The predicted octanol–water partition coefficient (Wildman–Crippen LogP) is 4.26. The molecule has 0 saturated carbocycles. The number of hydrogen-bond donors (Lipinski definition) is 2. The summed E-state index contributed by atoms with van der Waals surface area (Å²) in [5.74, 6) is -1.99. The molecule has 2 amide bonds. The lowest BCUT2D eigenvalue weighted by molar-refractivity contribution is -0.111. The molecule has 2 N–H and O–H groups in total. The Morgan fingerprint density at radius 2 is 1.61 bits per heavy atom. The molecule has 0 bridgehead atoms. The van der Waals surface area contributed by atoms with Crippen LogP contribution in [0.1, 0.15) is 16.1 Å². The quantitative estimate of drug-likeness (QED) is 0.651. The van der Waals surface area contributed by atoms with Gasteiger partial charge in [-0.1, -0.05) is 18.2 Å². The topological polar surface area (TPSA) is 71.1 Å². The van der Waals surface area contributed by atoms with Crippen molar-refractivity contribution < 1.29 is 18.4 Å². The van der Waals surface area contributed by atoms with Gasteiger partial charge in [-0.25, -0.2) is 8.78 Å². The Balaban J connectivity index is 1.74. The van der Waals surface area contributed by atoms with Crippen molar-refractivity contribution in [3.8, 4) is 0 Å². The van der Waals surface area contributed by atoms with Gasteiger partial charge in [-0.3, -0.25) is 14.6 Å². The number of carbonyl (C=O) groups is 2. The Morgan fingerprint density at radius 1 is 0.857 bits per heavy atom. The summed E-state index contributed by atoms with van der Waals surface area (Å²) in [6.07, 6.45) is 4.19. The van der Waals surface area contributed by atoms with Crippen molar-refractivity contribution in [1.29, 1.82) is 0 Å². The number of nitrogens with one attached hydrogen (secondary N) is 2. The van der Waals surface area contributed by atoms with Gasteiger partial charge in [-0.05, 0) is 54.1 Å². The first-order chi connectivity index (χ1) is 13.5. The summed E-state index contributed by atoms with van der Waals surface area (Å²) in [6.45, 7) is 0. The van der Waals surface area contributed by atoms with Gasteiger partial charge in [-0.15, -0.1) is 0 Å². The normalized spacial score (nSPS) is 10.6. The standard InChI is InChI=1S/C21H15F2N3O2/c22-15-7-4-14(5-8-15)6-11-20(27)25-19-13-16(23)9-10-17(19)26-21(28)18-3-1-2-12-24-18/h1-13H,(H,25,27)(H,26,28)/b11-6+. The summed E-state index contributed by atoms with van der Waals surface area (Å²) in [7, 11) is 0. The summed E-state index contributed by atoms with van der Waals surface area (Å²) in [5.41, 5.74) is 1.12. The maximum atomic E-state index is 13.6. The molecule has 0 fully saturated rings. The summed E-state index contributed by atoms with van der Waals surface area (Å²) in [5, 5.41) is 5.11. The van der Waals surface area contributed by atoms with Crippen LogP contribution in [-0.2, 0) is 4.79 Å². The first-order valence-electron chi connectivity index (χ1n) is 8.28. The van der Waals surface area contributed by atoms with E-state index in [4.69, 9.17) is 0 Å². The van der Waals surface area contributed by atoms with E-state index in [0.717, 1.165) is 12.1 Å². The van der Waals surface area contributed by atoms with Crippen molar-refractivity contribution in [3.05, 3.63) is 95.8 Å². The number of carbonyl (C=O) groups excluding carboxylic acids is 2. The second-order valence-electron chi connectivity index (χ2n) is 5.73. The number of rotatable bonds is 5. The van der Waals surface area contributed by atoms with Gasteiger partial charge in [0, 0.05) is 12.3 Å². The number of amides is 2. The summed E-state index contributed by atoms with van der Waals surface area (Å²) in [6, 6.07) is 14.0. The van der Waals surface area contributed by atoms with Gasteiger partial charge in [0.05, 0.1) is 11.4 Å². The zero-order valence-corrected chi connectivity index (χ0v) is 14.5. The van der Waals surface area contributed by atoms with Crippen LogP contribution in [0.15, 0.2) is 72.9 Å². The Bertz CT molecular complexity index is 1020. The Kier molecular flexibility index (Phi) is 5.86. The van der Waals surface area contributed by atoms with Crippen LogP contribution in [0.4, 0.5) is 20.2 Å². The fourth-order valence-electron chi connectivity index (χ4n) is 2.33. The molecule has 0 radical (unpaired) electrons. The van der Waals surface area contributed by atoms with E-state index < -0.39 is 17.6 Å². The van der Waals surface area contributed by atoms with Gasteiger partial charge in [-0.2, -0.15) is 0 Å². The fourth-order valence-corrected chi connectivity index (χ4v) is 2.33. The highest BCUT2D eigenvalue weighted by Crippen LogP contribution is 2.23. The smallest absolute Gasteiger partial charge is 0.274 e. The van der Waals surface area contributed by atoms with E-state index in [1.807, 2.05) is 0 Å². The van der Waals surface area contributed by atoms with E-state index in [1.54, 1.807) is 12.1 Å². The van der Waals surface area contributed by atoms with E-state index in [-0.39, 0.29) is 22.9 Å². The number of hydrogen-bond acceptors (Lipinski definition) is 3. The molecule has 0 spiro atoms. The molecular weight excluding hydrogens is 364 g/mol. The molecule has 0 aliphatic heterocycles. The van der Waals surface area contributed by atoms with Crippen LogP contribution in [0.25, 0.3) is 6.08 Å². The molecule has 0 atom stereocenters. The predicted molar refractivity (Wildman–Crippen MR) is 103 cm³/mol. The van der Waals surface area contributed by atoms with Crippen molar-refractivity contribution in [3.63, 3.8) is 0 Å². The molecule has 1 aromatic heterocycles. The largest absolute Gasteiger partial charge is 0.321 e. The molecular formula is C21H15F2N3O2. The molecule has 3 rings (SSSR count). The monoisotopic (exact) mass is 379 g/mol. The van der Waals surface area contributed by atoms with Crippen LogP contribution in [0.2, 0.25) is 0 Å². The van der Waals surface area contributed by atoms with Crippen molar-refractivity contribution in [2.45, 2.75) is 0 Å². The Labute approximate surface area is 159 Å². The van der Waals surface area contributed by atoms with E-state index >= 15 is 0 Å². The summed E-state index contributed by atoms with van der Waals surface area (Å²) >= 11 is 0. The average molecular weight is 379 g/mol. The zero-order chi connectivity index (χ0) is 19.9. The van der Waals surface area contributed by atoms with Crippen LogP contribution in [0.5, 0.6) is 0 Å². The van der Waals surface area contributed by atoms with Gasteiger partial charge in [0.1, 0.15) is 17.3 Å². The molecule has 0 saturated heterocycles. The van der Waals surface area contributed by atoms with Crippen molar-refractivity contribution in [2.75, 3.05) is 10.6 Å². The minimum atomic E-state index is -0.575. The van der Waals surface area contributed by atoms with Gasteiger partial charge >= 0.3 is 0 Å². The van der Waals surface area contributed by atoms with Crippen molar-refractivity contribution in [1.82, 2.24) is 4.98 Å². The molecule has 7 heteroatoms. The van der Waals surface area contributed by atoms with Crippen LogP contribution in [-0.4, -0.2) is 16.8 Å². The summed E-state index contributed by atoms with van der Waals surface area (Å²) < 4.78 is 26.5. The lowest BCUT2D eigenvalue weighted by atomic mass is 10.2. The average Bonchev–Trinajstić information content (AvgIpc) is 2.70. The highest BCUT2D eigenvalue weighted by Gasteiger charge is 2.12. The molecule has 3 aromatic rings. The number of nitrogens with zero attached hydrogens (tertiary/aromatic N) is 1. The lowest BCUT2D eigenvalue weighted by Crippen LogP contribution is -2.16.